The fourth-order valence-corrected chi connectivity index (χ4v) is 4.29. The second kappa shape index (κ2) is 10.1. The van der Waals surface area contributed by atoms with Crippen LogP contribution in [0, 0.1) is 10.1 Å². The van der Waals surface area contributed by atoms with Crippen LogP contribution in [-0.4, -0.2) is 83.1 Å². The number of aromatic hydroxyl groups is 1. The van der Waals surface area contributed by atoms with Crippen molar-refractivity contribution in [1.29, 1.82) is 0 Å². The molecule has 2 N–H and O–H groups in total. The highest BCUT2D eigenvalue weighted by Crippen LogP contribution is 2.41. The molecule has 11 nitrogen and oxygen atoms in total. The Morgan fingerprint density at radius 1 is 1.14 bits per heavy atom. The highest BCUT2D eigenvalue weighted by molar-refractivity contribution is 6.46. The molecule has 2 heterocycles. The van der Waals surface area contributed by atoms with E-state index in [0.29, 0.717) is 44.2 Å². The number of hydrogen-bond donors (Lipinski definition) is 2. The molecule has 1 atom stereocenters. The van der Waals surface area contributed by atoms with E-state index in [2.05, 4.69) is 4.90 Å². The van der Waals surface area contributed by atoms with E-state index in [0.717, 1.165) is 0 Å². The number of nitrogens with zero attached hydrogens (tertiary/aromatic N) is 3. The number of nitro groups is 1. The van der Waals surface area contributed by atoms with Gasteiger partial charge in [-0.2, -0.15) is 0 Å². The summed E-state index contributed by atoms with van der Waals surface area (Å²) in [4.78, 5) is 40.2. The van der Waals surface area contributed by atoms with E-state index in [9.17, 15) is 29.9 Å². The number of morpholine rings is 1. The lowest BCUT2D eigenvalue weighted by atomic mass is 9.94. The van der Waals surface area contributed by atoms with Crippen LogP contribution in [-0.2, 0) is 14.3 Å². The third-order valence-corrected chi connectivity index (χ3v) is 6.18. The maximum Gasteiger partial charge on any atom is 0.295 e. The van der Waals surface area contributed by atoms with Crippen molar-refractivity contribution in [3.8, 4) is 11.5 Å². The number of nitro benzene ring substituents is 1. The normalized spacial score (nSPS) is 20.3. The number of phenols is 1. The average Bonchev–Trinajstić information content (AvgIpc) is 3.12. The van der Waals surface area contributed by atoms with Crippen molar-refractivity contribution in [1.82, 2.24) is 9.80 Å². The third-order valence-electron chi connectivity index (χ3n) is 6.18. The monoisotopic (exact) mass is 483 g/mol. The lowest BCUT2D eigenvalue weighted by molar-refractivity contribution is -0.384. The number of hydrogen-bond acceptors (Lipinski definition) is 9. The number of benzene rings is 2. The van der Waals surface area contributed by atoms with Gasteiger partial charge < -0.3 is 24.6 Å². The van der Waals surface area contributed by atoms with Crippen LogP contribution in [0.1, 0.15) is 17.2 Å². The number of phenolic OH excluding ortho intramolecular Hbond substituents is 1. The van der Waals surface area contributed by atoms with Gasteiger partial charge in [-0.1, -0.05) is 0 Å². The van der Waals surface area contributed by atoms with Gasteiger partial charge in [0.15, 0.2) is 0 Å². The van der Waals surface area contributed by atoms with Crippen LogP contribution in [0.25, 0.3) is 5.76 Å². The van der Waals surface area contributed by atoms with Gasteiger partial charge in [-0.15, -0.1) is 0 Å². The quantitative estimate of drug-likeness (QED) is 0.199. The Bertz CT molecular complexity index is 1170. The van der Waals surface area contributed by atoms with E-state index in [1.807, 2.05) is 0 Å². The number of rotatable bonds is 7. The minimum absolute atomic E-state index is 0.0381. The Labute approximate surface area is 200 Å². The maximum atomic E-state index is 13.1. The molecule has 2 saturated heterocycles. The van der Waals surface area contributed by atoms with Gasteiger partial charge in [0, 0.05) is 44.4 Å². The standard InChI is InChI=1S/C24H25N3O8/c1-34-17-6-7-18(19(28)14-17)22(29)20-21(15-2-4-16(5-3-15)27(32)33)26(24(31)23(20)30)9-8-25-10-12-35-13-11-25/h2-7,14,21,28-29H,8-13H2,1H3. The number of carbonyl (C=O) groups is 2. The summed E-state index contributed by atoms with van der Waals surface area (Å²) in [7, 11) is 1.42. The largest absolute Gasteiger partial charge is 0.507 e. The number of aliphatic hydroxyl groups excluding tert-OH is 1. The van der Waals surface area contributed by atoms with Crippen LogP contribution in [0.4, 0.5) is 5.69 Å². The van der Waals surface area contributed by atoms with E-state index in [4.69, 9.17) is 9.47 Å². The molecule has 1 unspecified atom stereocenters. The van der Waals surface area contributed by atoms with Crippen molar-refractivity contribution in [2.75, 3.05) is 46.5 Å². The zero-order valence-electron chi connectivity index (χ0n) is 19.0. The van der Waals surface area contributed by atoms with Crippen molar-refractivity contribution in [3.63, 3.8) is 0 Å². The summed E-state index contributed by atoms with van der Waals surface area (Å²) in [5.41, 5.74) is 0.0355. The summed E-state index contributed by atoms with van der Waals surface area (Å²) in [6, 6.07) is 8.66. The number of methoxy groups -OCH3 is 1. The second-order valence-corrected chi connectivity index (χ2v) is 8.18. The summed E-state index contributed by atoms with van der Waals surface area (Å²) >= 11 is 0. The number of amides is 1. The van der Waals surface area contributed by atoms with E-state index in [1.54, 1.807) is 0 Å². The number of non-ortho nitro benzene ring substituents is 1. The van der Waals surface area contributed by atoms with E-state index >= 15 is 0 Å². The molecule has 0 aromatic heterocycles. The lowest BCUT2D eigenvalue weighted by Gasteiger charge is -2.31. The molecule has 184 valence electrons. The number of ether oxygens (including phenoxy) is 2. The topological polar surface area (TPSA) is 143 Å². The predicted molar refractivity (Wildman–Crippen MR) is 124 cm³/mol. The molecule has 2 aromatic carbocycles. The van der Waals surface area contributed by atoms with Gasteiger partial charge in [0.05, 0.1) is 42.4 Å². The van der Waals surface area contributed by atoms with E-state index < -0.39 is 28.4 Å². The van der Waals surface area contributed by atoms with Gasteiger partial charge in [-0.25, -0.2) is 0 Å². The summed E-state index contributed by atoms with van der Waals surface area (Å²) in [6.45, 7) is 3.19. The first kappa shape index (κ1) is 24.2. The van der Waals surface area contributed by atoms with Crippen molar-refractivity contribution < 1.29 is 34.2 Å². The number of likely N-dealkylation sites (tertiary alicyclic amines) is 1. The fourth-order valence-electron chi connectivity index (χ4n) is 4.29. The van der Waals surface area contributed by atoms with Crippen molar-refractivity contribution >= 4 is 23.1 Å². The molecule has 35 heavy (non-hydrogen) atoms. The number of ketones is 1. The molecule has 1 amide bonds. The highest BCUT2D eigenvalue weighted by atomic mass is 16.6. The molecule has 2 fully saturated rings. The molecule has 2 aliphatic rings. The van der Waals surface area contributed by atoms with E-state index in [1.165, 1.54) is 54.5 Å². The van der Waals surface area contributed by atoms with Gasteiger partial charge in [-0.3, -0.25) is 24.6 Å². The average molecular weight is 483 g/mol. The molecule has 0 aliphatic carbocycles. The Hall–Kier alpha value is -3.96. The van der Waals surface area contributed by atoms with Crippen LogP contribution in [0.3, 0.4) is 0 Å². The molecule has 2 aliphatic heterocycles. The summed E-state index contributed by atoms with van der Waals surface area (Å²) in [6.07, 6.45) is 0. The summed E-state index contributed by atoms with van der Waals surface area (Å²) < 4.78 is 10.4. The smallest absolute Gasteiger partial charge is 0.295 e. The lowest BCUT2D eigenvalue weighted by Crippen LogP contribution is -2.42. The Morgan fingerprint density at radius 3 is 2.43 bits per heavy atom. The minimum Gasteiger partial charge on any atom is -0.507 e. The molecule has 0 spiro atoms. The molecule has 2 aromatic rings. The van der Waals surface area contributed by atoms with Gasteiger partial charge in [-0.05, 0) is 29.8 Å². The highest BCUT2D eigenvalue weighted by Gasteiger charge is 2.46. The van der Waals surface area contributed by atoms with Crippen molar-refractivity contribution in [2.45, 2.75) is 6.04 Å². The molecule has 0 saturated carbocycles. The minimum atomic E-state index is -0.988. The number of carbonyl (C=O) groups excluding carboxylic acids is 2. The third kappa shape index (κ3) is 4.81. The maximum absolute atomic E-state index is 13.1. The fraction of sp³-hybridized carbons (Fsp3) is 0.333. The molecule has 0 radical (unpaired) electrons. The van der Waals surface area contributed by atoms with Gasteiger partial charge in [0.1, 0.15) is 17.3 Å². The molecule has 4 rings (SSSR count). The van der Waals surface area contributed by atoms with Crippen LogP contribution in [0.5, 0.6) is 11.5 Å². The van der Waals surface area contributed by atoms with Gasteiger partial charge >= 0.3 is 0 Å². The molecular weight excluding hydrogens is 458 g/mol. The predicted octanol–water partition coefficient (Wildman–Crippen LogP) is 2.06. The zero-order valence-corrected chi connectivity index (χ0v) is 19.0. The molecule has 0 bridgehead atoms. The van der Waals surface area contributed by atoms with Crippen LogP contribution in [0.15, 0.2) is 48.0 Å². The molecular formula is C24H25N3O8. The van der Waals surface area contributed by atoms with Crippen molar-refractivity contribution in [2.24, 2.45) is 0 Å². The van der Waals surface area contributed by atoms with Crippen LogP contribution in [0.2, 0.25) is 0 Å². The van der Waals surface area contributed by atoms with Gasteiger partial charge in [0.2, 0.25) is 0 Å². The van der Waals surface area contributed by atoms with E-state index in [-0.39, 0.29) is 29.1 Å². The number of aliphatic hydroxyl groups is 1. The Kier molecular flexibility index (Phi) is 6.99. The zero-order chi connectivity index (χ0) is 25.1. The van der Waals surface area contributed by atoms with Crippen LogP contribution >= 0.6 is 0 Å². The first-order chi connectivity index (χ1) is 16.8. The van der Waals surface area contributed by atoms with Crippen LogP contribution < -0.4 is 4.74 Å². The molecule has 11 heteroatoms. The number of Topliss-reactive ketones (excluding diaryl/α,β-unsaturated/α-hetero) is 1. The summed E-state index contributed by atoms with van der Waals surface area (Å²) in [5, 5.41) is 32.6. The first-order valence-electron chi connectivity index (χ1n) is 11.0. The summed E-state index contributed by atoms with van der Waals surface area (Å²) in [5.74, 6) is -2.22. The second-order valence-electron chi connectivity index (χ2n) is 8.18. The first-order valence-corrected chi connectivity index (χ1v) is 11.0. The van der Waals surface area contributed by atoms with Crippen molar-refractivity contribution in [3.05, 3.63) is 69.3 Å². The Balaban J connectivity index is 1.77. The SMILES string of the molecule is COc1ccc(C(O)=C2C(=O)C(=O)N(CCN3CCOCC3)C2c2ccc([N+](=O)[O-])cc2)c(O)c1. The Morgan fingerprint density at radius 2 is 1.83 bits per heavy atom. The van der Waals surface area contributed by atoms with Gasteiger partial charge in [0.25, 0.3) is 17.4 Å².